The van der Waals surface area contributed by atoms with Crippen molar-refractivity contribution in [1.82, 2.24) is 0 Å². The lowest BCUT2D eigenvalue weighted by atomic mass is 10.1. The molecule has 0 bridgehead atoms. The van der Waals surface area contributed by atoms with Crippen molar-refractivity contribution >= 4 is 15.8 Å². The normalized spacial score (nSPS) is 16.9. The van der Waals surface area contributed by atoms with E-state index in [-0.39, 0.29) is 16.6 Å². The Kier molecular flexibility index (Phi) is 3.71. The van der Waals surface area contributed by atoms with Crippen LogP contribution in [0.1, 0.15) is 41.6 Å². The Hall–Kier alpha value is -1.36. The number of rotatable bonds is 4. The van der Waals surface area contributed by atoms with E-state index in [0.717, 1.165) is 12.8 Å². The quantitative estimate of drug-likeness (QED) is 0.909. The van der Waals surface area contributed by atoms with Crippen LogP contribution >= 0.6 is 0 Å². The van der Waals surface area contributed by atoms with Crippen LogP contribution in [0.2, 0.25) is 0 Å². The second kappa shape index (κ2) is 5.10. The number of sulfone groups is 1. The molecule has 1 aliphatic carbocycles. The van der Waals surface area contributed by atoms with Crippen LogP contribution in [0.4, 0.5) is 0 Å². The third kappa shape index (κ3) is 2.72. The van der Waals surface area contributed by atoms with E-state index in [1.54, 1.807) is 18.2 Å². The Labute approximate surface area is 107 Å². The number of carbonyl (C=O) groups is 1. The molecule has 0 amide bonds. The molecule has 98 valence electrons. The Bertz CT molecular complexity index is 542. The first kappa shape index (κ1) is 13.1. The second-order valence-electron chi connectivity index (χ2n) is 4.68. The van der Waals surface area contributed by atoms with Gasteiger partial charge >= 0.3 is 5.97 Å². The molecule has 0 aromatic heterocycles. The van der Waals surface area contributed by atoms with E-state index in [1.807, 2.05) is 0 Å². The molecule has 0 radical (unpaired) electrons. The molecule has 18 heavy (non-hydrogen) atoms. The van der Waals surface area contributed by atoms with Crippen LogP contribution in [0, 0.1) is 0 Å². The molecule has 0 atom stereocenters. The fraction of sp³-hybridized carbons (Fsp3) is 0.462. The van der Waals surface area contributed by atoms with Crippen molar-refractivity contribution in [1.29, 1.82) is 0 Å². The summed E-state index contributed by atoms with van der Waals surface area (Å²) in [5.74, 6) is -1.24. The maximum atomic E-state index is 12.2. The zero-order valence-electron chi connectivity index (χ0n) is 10.0. The molecule has 1 N–H and O–H groups in total. The Morgan fingerprint density at radius 3 is 2.44 bits per heavy atom. The summed E-state index contributed by atoms with van der Waals surface area (Å²) in [4.78, 5) is 11.0. The first-order chi connectivity index (χ1) is 8.50. The fourth-order valence-corrected chi connectivity index (χ4v) is 4.41. The highest BCUT2D eigenvalue weighted by atomic mass is 32.2. The van der Waals surface area contributed by atoms with Gasteiger partial charge in [-0.2, -0.15) is 0 Å². The Morgan fingerprint density at radius 2 is 1.83 bits per heavy atom. The summed E-state index contributed by atoms with van der Waals surface area (Å²) >= 11 is 0. The maximum absolute atomic E-state index is 12.2. The highest BCUT2D eigenvalue weighted by Gasteiger charge is 2.29. The number of carboxylic acid groups (broad SMARTS) is 1. The van der Waals surface area contributed by atoms with E-state index < -0.39 is 15.8 Å². The van der Waals surface area contributed by atoms with E-state index in [1.165, 1.54) is 6.07 Å². The molecule has 1 saturated carbocycles. The van der Waals surface area contributed by atoms with E-state index >= 15 is 0 Å². The van der Waals surface area contributed by atoms with Crippen molar-refractivity contribution in [3.8, 4) is 0 Å². The first-order valence-corrected chi connectivity index (χ1v) is 7.75. The molecule has 1 aliphatic rings. The Balaban J connectivity index is 2.26. The molecule has 4 nitrogen and oxygen atoms in total. The van der Waals surface area contributed by atoms with Crippen molar-refractivity contribution < 1.29 is 18.3 Å². The van der Waals surface area contributed by atoms with Crippen molar-refractivity contribution in [2.45, 2.75) is 36.7 Å². The van der Waals surface area contributed by atoms with Gasteiger partial charge in [0.2, 0.25) is 0 Å². The third-order valence-corrected chi connectivity index (χ3v) is 5.62. The van der Waals surface area contributed by atoms with Crippen LogP contribution in [-0.4, -0.2) is 24.7 Å². The van der Waals surface area contributed by atoms with Crippen molar-refractivity contribution in [2.75, 3.05) is 0 Å². The van der Waals surface area contributed by atoms with Gasteiger partial charge in [-0.1, -0.05) is 31.0 Å². The first-order valence-electron chi connectivity index (χ1n) is 6.03. The zero-order valence-corrected chi connectivity index (χ0v) is 10.8. The molecule has 0 unspecified atom stereocenters. The fourth-order valence-electron chi connectivity index (χ4n) is 2.44. The average Bonchev–Trinajstić information content (AvgIpc) is 2.83. The number of carboxylic acids is 1. The van der Waals surface area contributed by atoms with Gasteiger partial charge in [0, 0.05) is 0 Å². The predicted molar refractivity (Wildman–Crippen MR) is 68.3 cm³/mol. The van der Waals surface area contributed by atoms with Crippen LogP contribution in [0.15, 0.2) is 24.3 Å². The van der Waals surface area contributed by atoms with Gasteiger partial charge in [0.25, 0.3) is 0 Å². The highest BCUT2D eigenvalue weighted by Crippen LogP contribution is 2.27. The lowest BCUT2D eigenvalue weighted by Gasteiger charge is -2.12. The van der Waals surface area contributed by atoms with Crippen LogP contribution in [-0.2, 0) is 15.6 Å². The number of benzene rings is 1. The molecule has 0 saturated heterocycles. The molecular formula is C13H16O4S. The minimum Gasteiger partial charge on any atom is -0.478 e. The monoisotopic (exact) mass is 268 g/mol. The number of aromatic carboxylic acids is 1. The summed E-state index contributed by atoms with van der Waals surface area (Å²) < 4.78 is 24.4. The van der Waals surface area contributed by atoms with Crippen molar-refractivity contribution in [3.05, 3.63) is 35.4 Å². The van der Waals surface area contributed by atoms with Crippen LogP contribution < -0.4 is 0 Å². The van der Waals surface area contributed by atoms with Gasteiger partial charge in [-0.05, 0) is 24.5 Å². The van der Waals surface area contributed by atoms with Crippen LogP contribution in [0.25, 0.3) is 0 Å². The summed E-state index contributed by atoms with van der Waals surface area (Å²) in [6.45, 7) is 0. The summed E-state index contributed by atoms with van der Waals surface area (Å²) in [6, 6.07) is 6.30. The van der Waals surface area contributed by atoms with Gasteiger partial charge in [-0.15, -0.1) is 0 Å². The Morgan fingerprint density at radius 1 is 1.22 bits per heavy atom. The number of hydrogen-bond donors (Lipinski definition) is 1. The molecule has 0 heterocycles. The minimum absolute atomic E-state index is 0.0825. The molecular weight excluding hydrogens is 252 g/mol. The standard InChI is InChI=1S/C13H16O4S/c14-13(15)12-8-4-1-5-10(12)9-18(16,17)11-6-2-3-7-11/h1,4-5,8,11H,2-3,6-7,9H2,(H,14,15). The van der Waals surface area contributed by atoms with Gasteiger partial charge in [0.05, 0.1) is 16.6 Å². The minimum atomic E-state index is -3.23. The van der Waals surface area contributed by atoms with E-state index in [4.69, 9.17) is 5.11 Å². The topological polar surface area (TPSA) is 71.4 Å². The number of hydrogen-bond acceptors (Lipinski definition) is 3. The van der Waals surface area contributed by atoms with Gasteiger partial charge < -0.3 is 5.11 Å². The molecule has 2 rings (SSSR count). The summed E-state index contributed by atoms with van der Waals surface area (Å²) in [6.07, 6.45) is 3.31. The lowest BCUT2D eigenvalue weighted by molar-refractivity contribution is 0.0696. The highest BCUT2D eigenvalue weighted by molar-refractivity contribution is 7.91. The van der Waals surface area contributed by atoms with Gasteiger partial charge in [-0.3, -0.25) is 0 Å². The lowest BCUT2D eigenvalue weighted by Crippen LogP contribution is -2.20. The van der Waals surface area contributed by atoms with Crippen LogP contribution in [0.5, 0.6) is 0 Å². The smallest absolute Gasteiger partial charge is 0.335 e. The molecule has 5 heteroatoms. The van der Waals surface area contributed by atoms with Crippen molar-refractivity contribution in [2.24, 2.45) is 0 Å². The third-order valence-electron chi connectivity index (χ3n) is 3.41. The molecule has 1 fully saturated rings. The van der Waals surface area contributed by atoms with E-state index in [0.29, 0.717) is 18.4 Å². The van der Waals surface area contributed by atoms with Gasteiger partial charge in [0.15, 0.2) is 9.84 Å². The summed E-state index contributed by atoms with van der Waals surface area (Å²) in [5.41, 5.74) is 0.468. The predicted octanol–water partition coefficient (Wildman–Crippen LogP) is 2.24. The van der Waals surface area contributed by atoms with Gasteiger partial charge in [-0.25, -0.2) is 13.2 Å². The average molecular weight is 268 g/mol. The van der Waals surface area contributed by atoms with Crippen LogP contribution in [0.3, 0.4) is 0 Å². The SMILES string of the molecule is O=C(O)c1ccccc1CS(=O)(=O)C1CCCC1. The zero-order chi connectivity index (χ0) is 13.2. The van der Waals surface area contributed by atoms with Crippen molar-refractivity contribution in [3.63, 3.8) is 0 Å². The summed E-state index contributed by atoms with van der Waals surface area (Å²) in [7, 11) is -3.23. The van der Waals surface area contributed by atoms with Gasteiger partial charge in [0.1, 0.15) is 0 Å². The molecule has 0 aliphatic heterocycles. The molecule has 1 aromatic rings. The molecule has 1 aromatic carbocycles. The summed E-state index contributed by atoms with van der Waals surface area (Å²) in [5, 5.41) is 8.74. The van der Waals surface area contributed by atoms with E-state index in [9.17, 15) is 13.2 Å². The molecule has 0 spiro atoms. The maximum Gasteiger partial charge on any atom is 0.335 e. The largest absolute Gasteiger partial charge is 0.478 e. The second-order valence-corrected chi connectivity index (χ2v) is 6.96. The van der Waals surface area contributed by atoms with E-state index in [2.05, 4.69) is 0 Å².